The molecule has 4 heteroatoms. The second-order valence-electron chi connectivity index (χ2n) is 3.61. The van der Waals surface area contributed by atoms with E-state index in [0.717, 1.165) is 11.1 Å². The van der Waals surface area contributed by atoms with Crippen molar-refractivity contribution in [2.75, 3.05) is 6.61 Å². The van der Waals surface area contributed by atoms with Crippen LogP contribution in [0.25, 0.3) is 0 Å². The second kappa shape index (κ2) is 6.14. The van der Waals surface area contributed by atoms with Crippen LogP contribution in [0, 0.1) is 0 Å². The molecule has 0 fully saturated rings. The quantitative estimate of drug-likeness (QED) is 0.890. The standard InChI is InChI=1S/C12H14Cl2O2/c1-8(6-13)7-16-12-4-3-10(9(2)15)5-11(12)14/h3-6,9,15H,7H2,1-2H3/b8-6+. The first kappa shape index (κ1) is 13.4. The molecule has 0 heterocycles. The van der Waals surface area contributed by atoms with Crippen molar-refractivity contribution >= 4 is 23.2 Å². The maximum absolute atomic E-state index is 9.37. The van der Waals surface area contributed by atoms with Crippen molar-refractivity contribution < 1.29 is 9.84 Å². The Hall–Kier alpha value is -0.700. The van der Waals surface area contributed by atoms with Crippen LogP contribution in [0.3, 0.4) is 0 Å². The topological polar surface area (TPSA) is 29.5 Å². The van der Waals surface area contributed by atoms with Gasteiger partial charge in [-0.15, -0.1) is 0 Å². The molecule has 0 aliphatic heterocycles. The average molecular weight is 261 g/mol. The molecule has 0 spiro atoms. The molecule has 0 saturated carbocycles. The highest BCUT2D eigenvalue weighted by Crippen LogP contribution is 2.28. The Balaban J connectivity index is 2.75. The van der Waals surface area contributed by atoms with Crippen molar-refractivity contribution in [1.29, 1.82) is 0 Å². The van der Waals surface area contributed by atoms with Gasteiger partial charge < -0.3 is 9.84 Å². The fourth-order valence-electron chi connectivity index (χ4n) is 1.12. The van der Waals surface area contributed by atoms with Gasteiger partial charge in [-0.25, -0.2) is 0 Å². The predicted octanol–water partition coefficient (Wildman–Crippen LogP) is 3.91. The fraction of sp³-hybridized carbons (Fsp3) is 0.333. The van der Waals surface area contributed by atoms with Crippen LogP contribution in [-0.2, 0) is 0 Å². The number of rotatable bonds is 4. The number of aliphatic hydroxyl groups excluding tert-OH is 1. The first-order valence-corrected chi connectivity index (χ1v) is 5.72. The van der Waals surface area contributed by atoms with E-state index in [1.54, 1.807) is 25.1 Å². The van der Waals surface area contributed by atoms with Gasteiger partial charge in [0.2, 0.25) is 0 Å². The van der Waals surface area contributed by atoms with E-state index >= 15 is 0 Å². The number of hydrogen-bond donors (Lipinski definition) is 1. The highest BCUT2D eigenvalue weighted by Gasteiger charge is 2.06. The number of ether oxygens (including phenoxy) is 1. The monoisotopic (exact) mass is 260 g/mol. The third-order valence-corrected chi connectivity index (χ3v) is 2.75. The molecule has 0 aliphatic carbocycles. The minimum atomic E-state index is -0.531. The molecular weight excluding hydrogens is 247 g/mol. The van der Waals surface area contributed by atoms with Crippen LogP contribution in [0.1, 0.15) is 25.5 Å². The van der Waals surface area contributed by atoms with Crippen LogP contribution in [0.4, 0.5) is 0 Å². The Labute approximate surface area is 105 Å². The van der Waals surface area contributed by atoms with Crippen molar-refractivity contribution in [1.82, 2.24) is 0 Å². The van der Waals surface area contributed by atoms with E-state index in [0.29, 0.717) is 17.4 Å². The SMILES string of the molecule is C/C(=C\Cl)COc1ccc(C(C)O)cc1Cl. The first-order valence-electron chi connectivity index (χ1n) is 4.90. The van der Waals surface area contributed by atoms with Gasteiger partial charge in [-0.3, -0.25) is 0 Å². The zero-order valence-electron chi connectivity index (χ0n) is 9.21. The Morgan fingerprint density at radius 2 is 2.25 bits per heavy atom. The number of halogens is 2. The number of hydrogen-bond acceptors (Lipinski definition) is 2. The molecule has 0 radical (unpaired) electrons. The maximum atomic E-state index is 9.37. The van der Waals surface area contributed by atoms with Gasteiger partial charge in [-0.1, -0.05) is 29.3 Å². The summed E-state index contributed by atoms with van der Waals surface area (Å²) < 4.78 is 5.46. The van der Waals surface area contributed by atoms with Crippen LogP contribution in [0.2, 0.25) is 5.02 Å². The minimum absolute atomic E-state index is 0.400. The Kier molecular flexibility index (Phi) is 5.13. The molecule has 1 rings (SSSR count). The first-order chi connectivity index (χ1) is 7.54. The minimum Gasteiger partial charge on any atom is -0.488 e. The molecule has 16 heavy (non-hydrogen) atoms. The summed E-state index contributed by atoms with van der Waals surface area (Å²) in [5, 5.41) is 9.86. The third-order valence-electron chi connectivity index (χ3n) is 2.08. The van der Waals surface area contributed by atoms with Gasteiger partial charge in [0.25, 0.3) is 0 Å². The smallest absolute Gasteiger partial charge is 0.138 e. The van der Waals surface area contributed by atoms with Gasteiger partial charge in [0.15, 0.2) is 0 Å². The summed E-state index contributed by atoms with van der Waals surface area (Å²) in [4.78, 5) is 0. The van der Waals surface area contributed by atoms with Gasteiger partial charge in [-0.05, 0) is 37.1 Å². The van der Waals surface area contributed by atoms with Crippen LogP contribution in [0.5, 0.6) is 5.75 Å². The second-order valence-corrected chi connectivity index (χ2v) is 4.24. The Morgan fingerprint density at radius 1 is 1.56 bits per heavy atom. The highest BCUT2D eigenvalue weighted by atomic mass is 35.5. The summed E-state index contributed by atoms with van der Waals surface area (Å²) in [6.45, 7) is 3.95. The molecule has 88 valence electrons. The van der Waals surface area contributed by atoms with E-state index < -0.39 is 6.10 Å². The zero-order chi connectivity index (χ0) is 12.1. The molecule has 1 aromatic carbocycles. The molecule has 0 aromatic heterocycles. The summed E-state index contributed by atoms with van der Waals surface area (Å²) in [5.41, 5.74) is 3.15. The van der Waals surface area contributed by atoms with Crippen LogP contribution in [0.15, 0.2) is 29.3 Å². The molecular formula is C12H14Cl2O2. The Bertz CT molecular complexity index is 387. The lowest BCUT2D eigenvalue weighted by Gasteiger charge is -2.10. The molecule has 1 unspecified atom stereocenters. The average Bonchev–Trinajstić information content (AvgIpc) is 2.26. The fourth-order valence-corrected chi connectivity index (χ4v) is 1.42. The normalized spacial score (nSPS) is 13.7. The lowest BCUT2D eigenvalue weighted by Crippen LogP contribution is -1.99. The van der Waals surface area contributed by atoms with E-state index in [4.69, 9.17) is 27.9 Å². The van der Waals surface area contributed by atoms with Crippen LogP contribution < -0.4 is 4.74 Å². The van der Waals surface area contributed by atoms with Crippen molar-refractivity contribution in [3.8, 4) is 5.75 Å². The summed E-state index contributed by atoms with van der Waals surface area (Å²) in [6.07, 6.45) is -0.531. The van der Waals surface area contributed by atoms with E-state index in [2.05, 4.69) is 0 Å². The van der Waals surface area contributed by atoms with Crippen LogP contribution >= 0.6 is 23.2 Å². The summed E-state index contributed by atoms with van der Waals surface area (Å²) in [6, 6.07) is 5.22. The lowest BCUT2D eigenvalue weighted by molar-refractivity contribution is 0.199. The van der Waals surface area contributed by atoms with Crippen LogP contribution in [-0.4, -0.2) is 11.7 Å². The van der Waals surface area contributed by atoms with Gasteiger partial charge in [0.1, 0.15) is 12.4 Å². The summed E-state index contributed by atoms with van der Waals surface area (Å²) >= 11 is 11.5. The number of benzene rings is 1. The van der Waals surface area contributed by atoms with Gasteiger partial charge in [0.05, 0.1) is 11.1 Å². The van der Waals surface area contributed by atoms with Gasteiger partial charge in [-0.2, -0.15) is 0 Å². The molecule has 0 saturated heterocycles. The van der Waals surface area contributed by atoms with E-state index in [1.807, 2.05) is 6.92 Å². The molecule has 1 N–H and O–H groups in total. The summed E-state index contributed by atoms with van der Waals surface area (Å²) in [5.74, 6) is 0.587. The third kappa shape index (κ3) is 3.71. The molecule has 1 aromatic rings. The molecule has 0 amide bonds. The zero-order valence-corrected chi connectivity index (χ0v) is 10.7. The molecule has 2 nitrogen and oxygen atoms in total. The van der Waals surface area contributed by atoms with E-state index in [1.165, 1.54) is 5.54 Å². The van der Waals surface area contributed by atoms with Crippen molar-refractivity contribution in [2.45, 2.75) is 20.0 Å². The van der Waals surface area contributed by atoms with Crippen molar-refractivity contribution in [3.63, 3.8) is 0 Å². The highest BCUT2D eigenvalue weighted by molar-refractivity contribution is 6.32. The predicted molar refractivity (Wildman–Crippen MR) is 67.2 cm³/mol. The summed E-state index contributed by atoms with van der Waals surface area (Å²) in [7, 11) is 0. The lowest BCUT2D eigenvalue weighted by atomic mass is 10.1. The maximum Gasteiger partial charge on any atom is 0.138 e. The largest absolute Gasteiger partial charge is 0.488 e. The molecule has 0 aliphatic rings. The Morgan fingerprint density at radius 3 is 2.75 bits per heavy atom. The van der Waals surface area contributed by atoms with Gasteiger partial charge >= 0.3 is 0 Å². The van der Waals surface area contributed by atoms with Crippen molar-refractivity contribution in [3.05, 3.63) is 39.9 Å². The van der Waals surface area contributed by atoms with E-state index in [-0.39, 0.29) is 0 Å². The van der Waals surface area contributed by atoms with Gasteiger partial charge in [0, 0.05) is 5.54 Å². The molecule has 1 atom stereocenters. The molecule has 0 bridgehead atoms. The van der Waals surface area contributed by atoms with E-state index in [9.17, 15) is 5.11 Å². The number of aliphatic hydroxyl groups is 1. The van der Waals surface area contributed by atoms with Crippen molar-refractivity contribution in [2.24, 2.45) is 0 Å².